The SMILES string of the molecule is C[C@@H]1CN(c2cc(=O)n(C)c3ccc(C#N)nc23)[C@@H](C)CN1Cc1cc(-c2ccccc2C#N)no1. The minimum Gasteiger partial charge on any atom is -0.364 e. The maximum atomic E-state index is 12.7. The average Bonchev–Trinajstić information content (AvgIpc) is 3.36. The number of nitrogens with zero attached hydrogens (tertiary/aromatic N) is 7. The predicted molar refractivity (Wildman–Crippen MR) is 135 cm³/mol. The molecular weight excluding hydrogens is 454 g/mol. The normalized spacial score (nSPS) is 18.2. The third-order valence-electron chi connectivity index (χ3n) is 6.85. The minimum atomic E-state index is -0.113. The number of piperazine rings is 1. The summed E-state index contributed by atoms with van der Waals surface area (Å²) < 4.78 is 7.19. The first kappa shape index (κ1) is 23.3. The molecular formula is C27H25N7O2. The molecule has 1 aliphatic heterocycles. The number of aromatic nitrogens is 3. The monoisotopic (exact) mass is 479 g/mol. The summed E-state index contributed by atoms with van der Waals surface area (Å²) in [6.45, 7) is 6.25. The van der Waals surface area contributed by atoms with Gasteiger partial charge in [-0.05, 0) is 32.0 Å². The Labute approximate surface area is 208 Å². The highest BCUT2D eigenvalue weighted by molar-refractivity contribution is 5.89. The summed E-state index contributed by atoms with van der Waals surface area (Å²) in [5.41, 5.74) is 4.27. The molecule has 0 spiro atoms. The van der Waals surface area contributed by atoms with E-state index in [1.807, 2.05) is 24.3 Å². The van der Waals surface area contributed by atoms with E-state index in [9.17, 15) is 15.3 Å². The Morgan fingerprint density at radius 1 is 1.06 bits per heavy atom. The molecule has 36 heavy (non-hydrogen) atoms. The van der Waals surface area contributed by atoms with Crippen molar-refractivity contribution < 1.29 is 4.52 Å². The van der Waals surface area contributed by atoms with Crippen LogP contribution in [0.25, 0.3) is 22.3 Å². The predicted octanol–water partition coefficient (Wildman–Crippen LogP) is 3.43. The Kier molecular flexibility index (Phi) is 6.01. The molecule has 1 fully saturated rings. The molecule has 9 heteroatoms. The lowest BCUT2D eigenvalue weighted by atomic mass is 10.0. The van der Waals surface area contributed by atoms with Crippen LogP contribution in [0.2, 0.25) is 0 Å². The molecule has 180 valence electrons. The standard InChI is InChI=1S/C27H25N7O2/c1-17-15-34(25-11-26(35)32(3)24-9-8-20(13-29)30-27(24)25)18(2)14-33(17)16-21-10-23(31-36-21)22-7-5-4-6-19(22)12-28/h4-11,17-18H,14-16H2,1-3H3/t17-,18+/m1/s1. The summed E-state index contributed by atoms with van der Waals surface area (Å²) in [5, 5.41) is 23.0. The maximum Gasteiger partial charge on any atom is 0.252 e. The first-order valence-corrected chi connectivity index (χ1v) is 11.8. The molecule has 5 rings (SSSR count). The van der Waals surface area contributed by atoms with Crippen LogP contribution in [0.4, 0.5) is 5.69 Å². The Hall–Kier alpha value is -4.47. The Bertz CT molecular complexity index is 1590. The van der Waals surface area contributed by atoms with Crippen LogP contribution in [-0.4, -0.2) is 44.8 Å². The van der Waals surface area contributed by atoms with Crippen LogP contribution in [0, 0.1) is 22.7 Å². The molecule has 1 aliphatic rings. The van der Waals surface area contributed by atoms with Crippen LogP contribution in [0.5, 0.6) is 0 Å². The lowest BCUT2D eigenvalue weighted by Crippen LogP contribution is -2.56. The van der Waals surface area contributed by atoms with Crippen molar-refractivity contribution in [1.82, 2.24) is 19.6 Å². The van der Waals surface area contributed by atoms with Crippen LogP contribution < -0.4 is 10.5 Å². The maximum absolute atomic E-state index is 12.7. The number of fused-ring (bicyclic) bond motifs is 1. The van der Waals surface area contributed by atoms with Gasteiger partial charge in [-0.1, -0.05) is 23.4 Å². The highest BCUT2D eigenvalue weighted by Crippen LogP contribution is 2.30. The zero-order valence-corrected chi connectivity index (χ0v) is 20.3. The van der Waals surface area contributed by atoms with Gasteiger partial charge in [-0.2, -0.15) is 10.5 Å². The summed E-state index contributed by atoms with van der Waals surface area (Å²) >= 11 is 0. The van der Waals surface area contributed by atoms with Gasteiger partial charge in [0.25, 0.3) is 5.56 Å². The molecule has 9 nitrogen and oxygen atoms in total. The summed E-state index contributed by atoms with van der Waals surface area (Å²) in [5.74, 6) is 0.726. The number of aryl methyl sites for hydroxylation is 1. The van der Waals surface area contributed by atoms with Gasteiger partial charge in [-0.25, -0.2) is 4.98 Å². The van der Waals surface area contributed by atoms with Crippen LogP contribution in [-0.2, 0) is 13.6 Å². The number of anilines is 1. The van der Waals surface area contributed by atoms with Crippen molar-refractivity contribution in [2.45, 2.75) is 32.5 Å². The van der Waals surface area contributed by atoms with Gasteiger partial charge >= 0.3 is 0 Å². The topological polar surface area (TPSA) is 115 Å². The van der Waals surface area contributed by atoms with Gasteiger partial charge in [0.2, 0.25) is 0 Å². The highest BCUT2D eigenvalue weighted by Gasteiger charge is 2.31. The molecule has 0 N–H and O–H groups in total. The quantitative estimate of drug-likeness (QED) is 0.437. The summed E-state index contributed by atoms with van der Waals surface area (Å²) in [4.78, 5) is 21.8. The Morgan fingerprint density at radius 3 is 2.64 bits per heavy atom. The number of rotatable bonds is 4. The fourth-order valence-corrected chi connectivity index (χ4v) is 4.87. The third kappa shape index (κ3) is 4.10. The molecule has 0 unspecified atom stereocenters. The fraction of sp³-hybridized carbons (Fsp3) is 0.296. The third-order valence-corrected chi connectivity index (χ3v) is 6.85. The van der Waals surface area contributed by atoms with E-state index in [0.29, 0.717) is 41.1 Å². The number of hydrogen-bond donors (Lipinski definition) is 0. The van der Waals surface area contributed by atoms with Crippen LogP contribution in [0.1, 0.15) is 30.9 Å². The smallest absolute Gasteiger partial charge is 0.252 e. The molecule has 0 radical (unpaired) electrons. The van der Waals surface area contributed by atoms with Crippen LogP contribution in [0.15, 0.2) is 57.8 Å². The van der Waals surface area contributed by atoms with Gasteiger partial charge < -0.3 is 14.0 Å². The summed E-state index contributed by atoms with van der Waals surface area (Å²) in [7, 11) is 1.72. The molecule has 3 aromatic heterocycles. The van der Waals surface area contributed by atoms with Crippen molar-refractivity contribution in [3.05, 3.63) is 75.9 Å². The first-order chi connectivity index (χ1) is 17.4. The van der Waals surface area contributed by atoms with E-state index in [0.717, 1.165) is 23.6 Å². The van der Waals surface area contributed by atoms with E-state index < -0.39 is 0 Å². The molecule has 4 aromatic rings. The summed E-state index contributed by atoms with van der Waals surface area (Å²) in [6, 6.07) is 18.8. The second kappa shape index (κ2) is 9.29. The van der Waals surface area contributed by atoms with E-state index in [-0.39, 0.29) is 17.6 Å². The second-order valence-corrected chi connectivity index (χ2v) is 9.22. The first-order valence-electron chi connectivity index (χ1n) is 11.8. The molecule has 0 bridgehead atoms. The Morgan fingerprint density at radius 2 is 1.86 bits per heavy atom. The van der Waals surface area contributed by atoms with Crippen LogP contribution >= 0.6 is 0 Å². The van der Waals surface area contributed by atoms with Gasteiger partial charge in [0.05, 0.1) is 29.4 Å². The van der Waals surface area contributed by atoms with Crippen molar-refractivity contribution >= 4 is 16.7 Å². The lowest BCUT2D eigenvalue weighted by molar-refractivity contribution is 0.142. The van der Waals surface area contributed by atoms with E-state index in [1.165, 1.54) is 0 Å². The van der Waals surface area contributed by atoms with E-state index in [1.54, 1.807) is 35.9 Å². The van der Waals surface area contributed by atoms with Crippen molar-refractivity contribution in [1.29, 1.82) is 10.5 Å². The fourth-order valence-electron chi connectivity index (χ4n) is 4.87. The molecule has 1 aromatic carbocycles. The van der Waals surface area contributed by atoms with Gasteiger partial charge in [-0.15, -0.1) is 0 Å². The van der Waals surface area contributed by atoms with Gasteiger partial charge in [0.1, 0.15) is 23.0 Å². The number of pyridine rings is 2. The molecule has 1 saturated heterocycles. The molecule has 0 saturated carbocycles. The lowest BCUT2D eigenvalue weighted by Gasteiger charge is -2.45. The number of nitriles is 2. The molecule has 0 amide bonds. The van der Waals surface area contributed by atoms with E-state index in [2.05, 4.69) is 45.9 Å². The zero-order valence-electron chi connectivity index (χ0n) is 20.3. The average molecular weight is 480 g/mol. The number of benzene rings is 1. The largest absolute Gasteiger partial charge is 0.364 e. The molecule has 0 aliphatic carbocycles. The van der Waals surface area contributed by atoms with Crippen molar-refractivity contribution in [2.24, 2.45) is 7.05 Å². The van der Waals surface area contributed by atoms with Crippen LogP contribution in [0.3, 0.4) is 0 Å². The molecule has 4 heterocycles. The van der Waals surface area contributed by atoms with Crippen molar-refractivity contribution in [2.75, 3.05) is 18.0 Å². The Balaban J connectivity index is 1.40. The minimum absolute atomic E-state index is 0.0887. The molecule has 2 atom stereocenters. The highest BCUT2D eigenvalue weighted by atomic mass is 16.5. The van der Waals surface area contributed by atoms with Gasteiger partial charge in [-0.3, -0.25) is 9.69 Å². The van der Waals surface area contributed by atoms with E-state index in [4.69, 9.17) is 4.52 Å². The van der Waals surface area contributed by atoms with E-state index >= 15 is 0 Å². The summed E-state index contributed by atoms with van der Waals surface area (Å²) in [6.07, 6.45) is 0. The number of hydrogen-bond acceptors (Lipinski definition) is 8. The van der Waals surface area contributed by atoms with Crippen molar-refractivity contribution in [3.8, 4) is 23.4 Å². The second-order valence-electron chi connectivity index (χ2n) is 9.22. The van der Waals surface area contributed by atoms with Crippen molar-refractivity contribution in [3.63, 3.8) is 0 Å². The van der Waals surface area contributed by atoms with Gasteiger partial charge in [0, 0.05) is 49.9 Å². The van der Waals surface area contributed by atoms with Gasteiger partial charge in [0.15, 0.2) is 5.76 Å². The zero-order chi connectivity index (χ0) is 25.4.